The molecule has 5 nitrogen and oxygen atoms in total. The maximum atomic E-state index is 5.60. The van der Waals surface area contributed by atoms with Crippen molar-refractivity contribution in [3.63, 3.8) is 0 Å². The SMILES string of the molecule is Cc1nn(C)cc1-c1[nH]ncc1CN. The van der Waals surface area contributed by atoms with Crippen molar-refractivity contribution in [3.8, 4) is 11.3 Å². The minimum absolute atomic E-state index is 0.486. The van der Waals surface area contributed by atoms with Crippen LogP contribution in [-0.2, 0) is 13.6 Å². The summed E-state index contributed by atoms with van der Waals surface area (Å²) in [4.78, 5) is 0. The molecule has 0 unspecified atom stereocenters. The highest BCUT2D eigenvalue weighted by Gasteiger charge is 2.11. The van der Waals surface area contributed by atoms with E-state index in [1.165, 1.54) is 0 Å². The van der Waals surface area contributed by atoms with Crippen molar-refractivity contribution in [2.24, 2.45) is 12.8 Å². The molecule has 0 saturated carbocycles. The Balaban J connectivity index is 2.53. The Bertz CT molecular complexity index is 440. The molecule has 0 spiro atoms. The highest BCUT2D eigenvalue weighted by molar-refractivity contribution is 5.64. The zero-order chi connectivity index (χ0) is 10.1. The Morgan fingerprint density at radius 3 is 2.93 bits per heavy atom. The maximum Gasteiger partial charge on any atom is 0.0729 e. The molecule has 0 radical (unpaired) electrons. The van der Waals surface area contributed by atoms with Crippen LogP contribution in [0.3, 0.4) is 0 Å². The van der Waals surface area contributed by atoms with Crippen LogP contribution in [0.5, 0.6) is 0 Å². The Morgan fingerprint density at radius 2 is 2.36 bits per heavy atom. The van der Waals surface area contributed by atoms with E-state index in [0.717, 1.165) is 22.5 Å². The molecule has 0 aromatic carbocycles. The van der Waals surface area contributed by atoms with E-state index in [4.69, 9.17) is 5.73 Å². The van der Waals surface area contributed by atoms with Crippen molar-refractivity contribution in [1.82, 2.24) is 20.0 Å². The van der Waals surface area contributed by atoms with E-state index < -0.39 is 0 Å². The smallest absolute Gasteiger partial charge is 0.0729 e. The molecule has 0 bridgehead atoms. The monoisotopic (exact) mass is 191 g/mol. The van der Waals surface area contributed by atoms with E-state index in [1.54, 1.807) is 10.9 Å². The van der Waals surface area contributed by atoms with Crippen molar-refractivity contribution < 1.29 is 0 Å². The molecule has 0 atom stereocenters. The van der Waals surface area contributed by atoms with Crippen molar-refractivity contribution in [2.75, 3.05) is 0 Å². The molecule has 0 amide bonds. The van der Waals surface area contributed by atoms with Gasteiger partial charge in [0.2, 0.25) is 0 Å². The molecule has 2 heterocycles. The molecule has 3 N–H and O–H groups in total. The van der Waals surface area contributed by atoms with Gasteiger partial charge in [-0.25, -0.2) is 0 Å². The first-order valence-electron chi connectivity index (χ1n) is 4.45. The van der Waals surface area contributed by atoms with Gasteiger partial charge in [0.25, 0.3) is 0 Å². The van der Waals surface area contributed by atoms with Crippen LogP contribution in [0.15, 0.2) is 12.4 Å². The van der Waals surface area contributed by atoms with Crippen LogP contribution in [0.1, 0.15) is 11.3 Å². The van der Waals surface area contributed by atoms with Crippen LogP contribution in [-0.4, -0.2) is 20.0 Å². The number of hydrogen-bond donors (Lipinski definition) is 2. The molecule has 0 saturated heterocycles. The van der Waals surface area contributed by atoms with Crippen LogP contribution >= 0.6 is 0 Å². The van der Waals surface area contributed by atoms with Gasteiger partial charge in [0, 0.05) is 30.9 Å². The fourth-order valence-electron chi connectivity index (χ4n) is 1.54. The third-order valence-corrected chi connectivity index (χ3v) is 2.22. The second-order valence-corrected chi connectivity index (χ2v) is 3.28. The van der Waals surface area contributed by atoms with E-state index >= 15 is 0 Å². The van der Waals surface area contributed by atoms with Gasteiger partial charge in [-0.15, -0.1) is 0 Å². The summed E-state index contributed by atoms with van der Waals surface area (Å²) in [5.41, 5.74) is 9.63. The first-order chi connectivity index (χ1) is 6.72. The summed E-state index contributed by atoms with van der Waals surface area (Å²) in [6, 6.07) is 0. The molecule has 2 rings (SSSR count). The Hall–Kier alpha value is -1.62. The van der Waals surface area contributed by atoms with Crippen LogP contribution in [0, 0.1) is 6.92 Å². The third kappa shape index (κ3) is 1.31. The van der Waals surface area contributed by atoms with Gasteiger partial charge in [-0.05, 0) is 6.92 Å². The van der Waals surface area contributed by atoms with E-state index in [2.05, 4.69) is 15.3 Å². The van der Waals surface area contributed by atoms with Crippen molar-refractivity contribution in [2.45, 2.75) is 13.5 Å². The Kier molecular flexibility index (Phi) is 2.09. The summed E-state index contributed by atoms with van der Waals surface area (Å²) in [5, 5.41) is 11.2. The predicted molar refractivity (Wildman–Crippen MR) is 53.4 cm³/mol. The number of H-pyrrole nitrogens is 1. The summed E-state index contributed by atoms with van der Waals surface area (Å²) in [5.74, 6) is 0. The van der Waals surface area contributed by atoms with Gasteiger partial charge in [-0.1, -0.05) is 0 Å². The lowest BCUT2D eigenvalue weighted by Crippen LogP contribution is -1.96. The maximum absolute atomic E-state index is 5.60. The number of nitrogens with one attached hydrogen (secondary N) is 1. The lowest BCUT2D eigenvalue weighted by atomic mass is 10.1. The van der Waals surface area contributed by atoms with Gasteiger partial charge < -0.3 is 5.73 Å². The normalized spacial score (nSPS) is 10.8. The summed E-state index contributed by atoms with van der Waals surface area (Å²) in [7, 11) is 1.90. The number of aryl methyl sites for hydroxylation is 2. The zero-order valence-electron chi connectivity index (χ0n) is 8.28. The lowest BCUT2D eigenvalue weighted by molar-refractivity contribution is 0.756. The molecule has 2 aromatic heterocycles. The lowest BCUT2D eigenvalue weighted by Gasteiger charge is -1.97. The van der Waals surface area contributed by atoms with Gasteiger partial charge in [-0.3, -0.25) is 9.78 Å². The van der Waals surface area contributed by atoms with E-state index in [1.807, 2.05) is 20.2 Å². The number of nitrogens with zero attached hydrogens (tertiary/aromatic N) is 3. The highest BCUT2D eigenvalue weighted by atomic mass is 15.3. The number of aromatic nitrogens is 4. The highest BCUT2D eigenvalue weighted by Crippen LogP contribution is 2.22. The average Bonchev–Trinajstić information content (AvgIpc) is 2.71. The first kappa shape index (κ1) is 8.96. The number of hydrogen-bond acceptors (Lipinski definition) is 3. The molecule has 0 aliphatic carbocycles. The minimum atomic E-state index is 0.486. The topological polar surface area (TPSA) is 72.5 Å². The van der Waals surface area contributed by atoms with E-state index in [9.17, 15) is 0 Å². The van der Waals surface area contributed by atoms with Crippen LogP contribution < -0.4 is 5.73 Å². The molecule has 2 aromatic rings. The largest absolute Gasteiger partial charge is 0.326 e. The Labute approximate surface area is 81.9 Å². The molecule has 0 aliphatic rings. The van der Waals surface area contributed by atoms with Crippen LogP contribution in [0.2, 0.25) is 0 Å². The van der Waals surface area contributed by atoms with E-state index in [-0.39, 0.29) is 0 Å². The van der Waals surface area contributed by atoms with Gasteiger partial charge in [0.05, 0.1) is 17.6 Å². The molecule has 14 heavy (non-hydrogen) atoms. The minimum Gasteiger partial charge on any atom is -0.326 e. The second-order valence-electron chi connectivity index (χ2n) is 3.28. The molecular formula is C9H13N5. The molecular weight excluding hydrogens is 178 g/mol. The van der Waals surface area contributed by atoms with Gasteiger partial charge in [-0.2, -0.15) is 10.2 Å². The van der Waals surface area contributed by atoms with Crippen LogP contribution in [0.4, 0.5) is 0 Å². The van der Waals surface area contributed by atoms with Crippen molar-refractivity contribution in [1.29, 1.82) is 0 Å². The van der Waals surface area contributed by atoms with Crippen molar-refractivity contribution in [3.05, 3.63) is 23.7 Å². The fraction of sp³-hybridized carbons (Fsp3) is 0.333. The van der Waals surface area contributed by atoms with Gasteiger partial charge in [0.15, 0.2) is 0 Å². The molecule has 0 fully saturated rings. The average molecular weight is 191 g/mol. The molecule has 0 aliphatic heterocycles. The molecule has 5 heteroatoms. The summed E-state index contributed by atoms with van der Waals surface area (Å²) < 4.78 is 1.78. The zero-order valence-corrected chi connectivity index (χ0v) is 8.28. The number of aromatic amines is 1. The standard InChI is InChI=1S/C9H13N5/c1-6-8(5-14(2)13-6)9-7(3-10)4-11-12-9/h4-5H,3,10H2,1-2H3,(H,11,12). The summed E-state index contributed by atoms with van der Waals surface area (Å²) >= 11 is 0. The number of nitrogens with two attached hydrogens (primary N) is 1. The first-order valence-corrected chi connectivity index (χ1v) is 4.45. The molecule has 74 valence electrons. The fourth-order valence-corrected chi connectivity index (χ4v) is 1.54. The summed E-state index contributed by atoms with van der Waals surface area (Å²) in [6.07, 6.45) is 3.71. The third-order valence-electron chi connectivity index (χ3n) is 2.22. The summed E-state index contributed by atoms with van der Waals surface area (Å²) in [6.45, 7) is 2.45. The van der Waals surface area contributed by atoms with Crippen molar-refractivity contribution >= 4 is 0 Å². The predicted octanol–water partition coefficient (Wildman–Crippen LogP) is 0.577. The van der Waals surface area contributed by atoms with Gasteiger partial charge >= 0.3 is 0 Å². The van der Waals surface area contributed by atoms with Crippen LogP contribution in [0.25, 0.3) is 11.3 Å². The second kappa shape index (κ2) is 3.26. The van der Waals surface area contributed by atoms with Gasteiger partial charge in [0.1, 0.15) is 0 Å². The number of rotatable bonds is 2. The van der Waals surface area contributed by atoms with E-state index in [0.29, 0.717) is 6.54 Å². The quantitative estimate of drug-likeness (QED) is 0.729. The Morgan fingerprint density at radius 1 is 1.57 bits per heavy atom.